The molecule has 0 atom stereocenters. The highest BCUT2D eigenvalue weighted by atomic mass is 35.5. The fraction of sp³-hybridized carbons (Fsp3) is 0.174. The lowest BCUT2D eigenvalue weighted by Crippen LogP contribution is -2.30. The van der Waals surface area contributed by atoms with E-state index in [1.54, 1.807) is 25.6 Å². The van der Waals surface area contributed by atoms with Gasteiger partial charge in [-0.05, 0) is 56.3 Å². The van der Waals surface area contributed by atoms with Crippen LogP contribution in [0.3, 0.4) is 0 Å². The largest absolute Gasteiger partial charge is 0.482 e. The van der Waals surface area contributed by atoms with Crippen LogP contribution in [0.5, 0.6) is 5.75 Å². The van der Waals surface area contributed by atoms with E-state index in [4.69, 9.17) is 16.3 Å². The molecule has 0 heterocycles. The van der Waals surface area contributed by atoms with Crippen LogP contribution < -0.4 is 14.8 Å². The molecule has 2 N–H and O–H groups in total. The molecule has 6 nitrogen and oxygen atoms in total. The molecule has 32 heavy (non-hydrogen) atoms. The predicted octanol–water partition coefficient (Wildman–Crippen LogP) is 5.20. The summed E-state index contributed by atoms with van der Waals surface area (Å²) in [5.41, 5.74) is 0.669. The average Bonchev–Trinajstić information content (AvgIpc) is 2.74. The van der Waals surface area contributed by atoms with E-state index in [1.165, 1.54) is 18.2 Å². The van der Waals surface area contributed by atoms with E-state index in [0.29, 0.717) is 5.69 Å². The summed E-state index contributed by atoms with van der Waals surface area (Å²) in [4.78, 5) is 14.4. The molecule has 3 rings (SSSR count). The van der Waals surface area contributed by atoms with Crippen molar-refractivity contribution in [1.29, 1.82) is 0 Å². The maximum absolute atomic E-state index is 12.5. The standard InChI is InChI=1S/C23H23ClN2O4S2/c1-16(2)26-32(28,29)18-12-13-21(19(24)14-18)30-15-23(27)25-20-10-6-7-11-22(20)31-17-8-4-3-5-9-17/h3-14,16,26H,15H2,1-2H3,(H,25,27). The minimum atomic E-state index is -3.67. The summed E-state index contributed by atoms with van der Waals surface area (Å²) in [7, 11) is -3.67. The fourth-order valence-corrected chi connectivity index (χ4v) is 5.25. The van der Waals surface area contributed by atoms with Crippen molar-refractivity contribution < 1.29 is 17.9 Å². The van der Waals surface area contributed by atoms with Crippen LogP contribution in [0.15, 0.2) is 87.5 Å². The van der Waals surface area contributed by atoms with Gasteiger partial charge in [-0.15, -0.1) is 0 Å². The van der Waals surface area contributed by atoms with Crippen LogP contribution in [-0.2, 0) is 14.8 Å². The monoisotopic (exact) mass is 490 g/mol. The van der Waals surface area contributed by atoms with Gasteiger partial charge in [-0.1, -0.05) is 53.7 Å². The smallest absolute Gasteiger partial charge is 0.262 e. The van der Waals surface area contributed by atoms with Crippen molar-refractivity contribution in [1.82, 2.24) is 4.72 Å². The molecule has 0 aliphatic heterocycles. The second-order valence-corrected chi connectivity index (χ2v) is 10.4. The van der Waals surface area contributed by atoms with Gasteiger partial charge in [0.2, 0.25) is 10.0 Å². The second kappa shape index (κ2) is 10.9. The Balaban J connectivity index is 1.63. The van der Waals surface area contributed by atoms with Crippen molar-refractivity contribution in [2.45, 2.75) is 34.6 Å². The number of anilines is 1. The van der Waals surface area contributed by atoms with Crippen LogP contribution in [0.25, 0.3) is 0 Å². The van der Waals surface area contributed by atoms with E-state index >= 15 is 0 Å². The topological polar surface area (TPSA) is 84.5 Å². The number of amides is 1. The zero-order valence-corrected chi connectivity index (χ0v) is 19.9. The summed E-state index contributed by atoms with van der Waals surface area (Å²) >= 11 is 7.72. The summed E-state index contributed by atoms with van der Waals surface area (Å²) in [6.45, 7) is 3.18. The molecule has 0 saturated heterocycles. The zero-order valence-electron chi connectivity index (χ0n) is 17.5. The number of nitrogens with one attached hydrogen (secondary N) is 2. The Hall–Kier alpha value is -2.52. The number of carbonyl (C=O) groups excluding carboxylic acids is 1. The molecule has 0 aromatic heterocycles. The molecule has 3 aromatic carbocycles. The molecule has 0 aliphatic rings. The summed E-state index contributed by atoms with van der Waals surface area (Å²) in [5, 5.41) is 2.95. The molecule has 0 aliphatic carbocycles. The molecule has 168 valence electrons. The van der Waals surface area contributed by atoms with Gasteiger partial charge in [-0.2, -0.15) is 0 Å². The lowest BCUT2D eigenvalue weighted by atomic mass is 10.3. The third kappa shape index (κ3) is 6.74. The van der Waals surface area contributed by atoms with E-state index in [0.717, 1.165) is 9.79 Å². The maximum Gasteiger partial charge on any atom is 0.262 e. The van der Waals surface area contributed by atoms with Crippen molar-refractivity contribution in [2.75, 3.05) is 11.9 Å². The van der Waals surface area contributed by atoms with Gasteiger partial charge in [-0.25, -0.2) is 13.1 Å². The Morgan fingerprint density at radius 3 is 2.41 bits per heavy atom. The van der Waals surface area contributed by atoms with E-state index in [1.807, 2.05) is 54.6 Å². The SMILES string of the molecule is CC(C)NS(=O)(=O)c1ccc(OCC(=O)Nc2ccccc2Sc2ccccc2)c(Cl)c1. The van der Waals surface area contributed by atoms with E-state index in [2.05, 4.69) is 10.0 Å². The number of hydrogen-bond acceptors (Lipinski definition) is 5. The molecular formula is C23H23ClN2O4S2. The number of halogens is 1. The molecular weight excluding hydrogens is 468 g/mol. The van der Waals surface area contributed by atoms with Crippen LogP contribution in [-0.4, -0.2) is 27.0 Å². The summed E-state index contributed by atoms with van der Waals surface area (Å²) < 4.78 is 32.5. The van der Waals surface area contributed by atoms with Crippen molar-refractivity contribution >= 4 is 45.0 Å². The van der Waals surface area contributed by atoms with Crippen molar-refractivity contribution in [3.8, 4) is 5.75 Å². The van der Waals surface area contributed by atoms with Gasteiger partial charge in [-0.3, -0.25) is 4.79 Å². The third-order valence-corrected chi connectivity index (χ3v) is 7.13. The molecule has 1 amide bonds. The number of sulfonamides is 1. The summed E-state index contributed by atoms with van der Waals surface area (Å²) in [6, 6.07) is 21.2. The minimum absolute atomic E-state index is 0.0277. The van der Waals surface area contributed by atoms with Gasteiger partial charge in [0.25, 0.3) is 5.91 Å². The summed E-state index contributed by atoms with van der Waals surface area (Å²) in [5.74, 6) is -0.141. The van der Waals surface area contributed by atoms with E-state index in [9.17, 15) is 13.2 Å². The zero-order chi connectivity index (χ0) is 23.1. The highest BCUT2D eigenvalue weighted by molar-refractivity contribution is 7.99. The van der Waals surface area contributed by atoms with Gasteiger partial charge in [0.15, 0.2) is 6.61 Å². The number of ether oxygens (including phenoxy) is 1. The first-order valence-corrected chi connectivity index (χ1v) is 12.5. The third-order valence-electron chi connectivity index (χ3n) is 4.10. The Morgan fingerprint density at radius 2 is 1.72 bits per heavy atom. The molecule has 9 heteroatoms. The Kier molecular flexibility index (Phi) is 8.20. The van der Waals surface area contributed by atoms with Crippen molar-refractivity contribution in [3.63, 3.8) is 0 Å². The highest BCUT2D eigenvalue weighted by Gasteiger charge is 2.17. The lowest BCUT2D eigenvalue weighted by molar-refractivity contribution is -0.118. The molecule has 0 saturated carbocycles. The molecule has 0 unspecified atom stereocenters. The maximum atomic E-state index is 12.5. The number of rotatable bonds is 9. The Morgan fingerprint density at radius 1 is 1.03 bits per heavy atom. The van der Waals surface area contributed by atoms with Crippen LogP contribution in [0, 0.1) is 0 Å². The van der Waals surface area contributed by atoms with Crippen LogP contribution in [0.2, 0.25) is 5.02 Å². The Labute approximate surface area is 197 Å². The van der Waals surface area contributed by atoms with E-state index < -0.39 is 10.0 Å². The number of carbonyl (C=O) groups is 1. The normalized spacial score (nSPS) is 11.4. The first-order chi connectivity index (χ1) is 15.2. The van der Waals surface area contributed by atoms with Gasteiger partial charge >= 0.3 is 0 Å². The highest BCUT2D eigenvalue weighted by Crippen LogP contribution is 2.33. The van der Waals surface area contributed by atoms with Crippen molar-refractivity contribution in [2.24, 2.45) is 0 Å². The number of benzene rings is 3. The van der Waals surface area contributed by atoms with E-state index in [-0.39, 0.29) is 34.2 Å². The van der Waals surface area contributed by atoms with Crippen LogP contribution in [0.1, 0.15) is 13.8 Å². The Bertz CT molecular complexity index is 1190. The fourth-order valence-electron chi connectivity index (χ4n) is 2.75. The quantitative estimate of drug-likeness (QED) is 0.431. The van der Waals surface area contributed by atoms with Crippen LogP contribution in [0.4, 0.5) is 5.69 Å². The minimum Gasteiger partial charge on any atom is -0.482 e. The van der Waals surface area contributed by atoms with Gasteiger partial charge in [0, 0.05) is 15.8 Å². The predicted molar refractivity (Wildman–Crippen MR) is 128 cm³/mol. The van der Waals surface area contributed by atoms with Gasteiger partial charge in [0.05, 0.1) is 15.6 Å². The number of hydrogen-bond donors (Lipinski definition) is 2. The van der Waals surface area contributed by atoms with Crippen molar-refractivity contribution in [3.05, 3.63) is 77.8 Å². The van der Waals surface area contributed by atoms with Gasteiger partial charge in [0.1, 0.15) is 5.75 Å². The van der Waals surface area contributed by atoms with Crippen LogP contribution >= 0.6 is 23.4 Å². The average molecular weight is 491 g/mol. The summed E-state index contributed by atoms with van der Waals surface area (Å²) in [6.07, 6.45) is 0. The lowest BCUT2D eigenvalue weighted by Gasteiger charge is -2.13. The molecule has 0 radical (unpaired) electrons. The van der Waals surface area contributed by atoms with Gasteiger partial charge < -0.3 is 10.1 Å². The second-order valence-electron chi connectivity index (χ2n) is 7.12. The first kappa shape index (κ1) is 24.1. The molecule has 0 fully saturated rings. The molecule has 0 spiro atoms. The molecule has 0 bridgehead atoms. The first-order valence-electron chi connectivity index (χ1n) is 9.81. The molecule has 3 aromatic rings. The number of para-hydroxylation sites is 1.